The number of nitrogens with one attached hydrogen (secondary N) is 1. The molecule has 0 bridgehead atoms. The topological polar surface area (TPSA) is 55.4 Å². The quantitative estimate of drug-likeness (QED) is 0.488. The molecule has 2 fully saturated rings. The Morgan fingerprint density at radius 3 is 2.67 bits per heavy atom. The van der Waals surface area contributed by atoms with Crippen molar-refractivity contribution >= 4 is 35.2 Å². The van der Waals surface area contributed by atoms with E-state index in [0.717, 1.165) is 47.8 Å². The van der Waals surface area contributed by atoms with Crippen molar-refractivity contribution in [3.63, 3.8) is 0 Å². The molecule has 130 valence electrons. The van der Waals surface area contributed by atoms with Crippen LogP contribution in [-0.2, 0) is 14.3 Å². The highest BCUT2D eigenvalue weighted by Gasteiger charge is 2.52. The molecule has 1 saturated carbocycles. The lowest BCUT2D eigenvalue weighted by Crippen LogP contribution is -2.46. The van der Waals surface area contributed by atoms with E-state index >= 15 is 0 Å². The molecule has 0 aromatic heterocycles. The second-order valence-electron chi connectivity index (χ2n) is 6.45. The third-order valence-corrected chi connectivity index (χ3v) is 6.09. The summed E-state index contributed by atoms with van der Waals surface area (Å²) in [5.41, 5.74) is -0.539. The Bertz CT molecular complexity index is 599. The van der Waals surface area contributed by atoms with E-state index in [9.17, 15) is 9.59 Å². The smallest absolute Gasteiger partial charge is 0.307 e. The Kier molecular flexibility index (Phi) is 5.72. The van der Waals surface area contributed by atoms with Crippen LogP contribution in [0.15, 0.2) is 29.2 Å². The van der Waals surface area contributed by atoms with Gasteiger partial charge in [-0.2, -0.15) is 0 Å². The highest BCUT2D eigenvalue weighted by Crippen LogP contribution is 2.44. The van der Waals surface area contributed by atoms with Gasteiger partial charge < -0.3 is 10.1 Å². The number of hydrogen-bond acceptors (Lipinski definition) is 4. The normalized spacial score (nSPS) is 22.4. The van der Waals surface area contributed by atoms with Crippen molar-refractivity contribution in [2.24, 2.45) is 5.92 Å². The summed E-state index contributed by atoms with van der Waals surface area (Å²) in [6.45, 7) is 0.576. The predicted octanol–water partition coefficient (Wildman–Crippen LogP) is 3.81. The summed E-state index contributed by atoms with van der Waals surface area (Å²) in [6.07, 6.45) is 5.07. The van der Waals surface area contributed by atoms with Crippen LogP contribution < -0.4 is 5.32 Å². The number of thioether (sulfide) groups is 1. The number of carbonyl (C=O) groups excluding carboxylic acids is 2. The Balaban J connectivity index is 1.49. The van der Waals surface area contributed by atoms with E-state index in [1.165, 1.54) is 0 Å². The van der Waals surface area contributed by atoms with Crippen molar-refractivity contribution in [2.45, 2.75) is 49.0 Å². The summed E-state index contributed by atoms with van der Waals surface area (Å²) in [5.74, 6) is 0.180. The maximum absolute atomic E-state index is 12.6. The van der Waals surface area contributed by atoms with Gasteiger partial charge in [-0.1, -0.05) is 18.0 Å². The lowest BCUT2D eigenvalue weighted by molar-refractivity contribution is -0.153. The van der Waals surface area contributed by atoms with Gasteiger partial charge >= 0.3 is 5.97 Å². The SMILES string of the molecule is O=C1C[C@H](C(=O)NCCSc2ccc(Cl)cc2)C2(CCCCC2)O1. The van der Waals surface area contributed by atoms with Crippen LogP contribution in [-0.4, -0.2) is 29.8 Å². The van der Waals surface area contributed by atoms with E-state index in [1.54, 1.807) is 11.8 Å². The second kappa shape index (κ2) is 7.79. The molecular formula is C18H22ClNO3S. The lowest BCUT2D eigenvalue weighted by atomic mass is 9.75. The highest BCUT2D eigenvalue weighted by atomic mass is 35.5. The van der Waals surface area contributed by atoms with E-state index < -0.39 is 5.60 Å². The molecule has 3 rings (SSSR count). The van der Waals surface area contributed by atoms with Gasteiger partial charge in [-0.05, 0) is 49.9 Å². The first-order chi connectivity index (χ1) is 11.6. The largest absolute Gasteiger partial charge is 0.458 e. The fourth-order valence-electron chi connectivity index (χ4n) is 3.62. The zero-order valence-electron chi connectivity index (χ0n) is 13.6. The molecule has 1 N–H and O–H groups in total. The van der Waals surface area contributed by atoms with Crippen molar-refractivity contribution < 1.29 is 14.3 Å². The molecule has 0 radical (unpaired) electrons. The number of ether oxygens (including phenoxy) is 1. The Morgan fingerprint density at radius 1 is 1.25 bits per heavy atom. The van der Waals surface area contributed by atoms with Crippen LogP contribution in [0, 0.1) is 5.92 Å². The molecule has 4 nitrogen and oxygen atoms in total. The van der Waals surface area contributed by atoms with E-state index in [2.05, 4.69) is 5.32 Å². The number of hydrogen-bond donors (Lipinski definition) is 1. The number of esters is 1. The van der Waals surface area contributed by atoms with Crippen molar-refractivity contribution in [1.29, 1.82) is 0 Å². The summed E-state index contributed by atoms with van der Waals surface area (Å²) in [6, 6.07) is 7.65. The molecule has 0 unspecified atom stereocenters. The summed E-state index contributed by atoms with van der Waals surface area (Å²) >= 11 is 7.53. The molecule has 1 heterocycles. The molecule has 6 heteroatoms. The number of halogens is 1. The summed E-state index contributed by atoms with van der Waals surface area (Å²) < 4.78 is 5.59. The van der Waals surface area contributed by atoms with E-state index in [1.807, 2.05) is 24.3 Å². The van der Waals surface area contributed by atoms with Crippen LogP contribution in [0.5, 0.6) is 0 Å². The Morgan fingerprint density at radius 2 is 1.96 bits per heavy atom. The van der Waals surface area contributed by atoms with Gasteiger partial charge in [0.05, 0.1) is 12.3 Å². The molecule has 24 heavy (non-hydrogen) atoms. The number of carbonyl (C=O) groups is 2. The van der Waals surface area contributed by atoms with Crippen LogP contribution in [0.1, 0.15) is 38.5 Å². The fourth-order valence-corrected chi connectivity index (χ4v) is 4.52. The Hall–Kier alpha value is -1.20. The fraction of sp³-hybridized carbons (Fsp3) is 0.556. The first-order valence-corrected chi connectivity index (χ1v) is 9.83. The third-order valence-electron chi connectivity index (χ3n) is 4.82. The number of benzene rings is 1. The molecular weight excluding hydrogens is 346 g/mol. The van der Waals surface area contributed by atoms with Gasteiger partial charge in [0, 0.05) is 22.2 Å². The van der Waals surface area contributed by atoms with Crippen molar-refractivity contribution in [1.82, 2.24) is 5.32 Å². The maximum Gasteiger partial charge on any atom is 0.307 e. The molecule has 1 atom stereocenters. The van der Waals surface area contributed by atoms with Crippen molar-refractivity contribution in [3.05, 3.63) is 29.3 Å². The summed E-state index contributed by atoms with van der Waals surface area (Å²) in [5, 5.41) is 3.70. The summed E-state index contributed by atoms with van der Waals surface area (Å²) in [4.78, 5) is 25.4. The minimum Gasteiger partial charge on any atom is -0.458 e. The maximum atomic E-state index is 12.6. The number of amides is 1. The van der Waals surface area contributed by atoms with Crippen LogP contribution >= 0.6 is 23.4 Å². The van der Waals surface area contributed by atoms with Gasteiger partial charge in [0.15, 0.2) is 0 Å². The molecule has 1 amide bonds. The molecule has 1 aromatic rings. The van der Waals surface area contributed by atoms with Gasteiger partial charge in [0.2, 0.25) is 5.91 Å². The molecule has 1 aliphatic heterocycles. The lowest BCUT2D eigenvalue weighted by Gasteiger charge is -2.36. The highest BCUT2D eigenvalue weighted by molar-refractivity contribution is 7.99. The van der Waals surface area contributed by atoms with Crippen LogP contribution in [0.25, 0.3) is 0 Å². The first kappa shape index (κ1) is 17.6. The van der Waals surface area contributed by atoms with Gasteiger partial charge in [-0.25, -0.2) is 0 Å². The minimum atomic E-state index is -0.539. The van der Waals surface area contributed by atoms with Gasteiger partial charge in [-0.15, -0.1) is 11.8 Å². The molecule has 1 aliphatic carbocycles. The summed E-state index contributed by atoms with van der Waals surface area (Å²) in [7, 11) is 0. The molecule has 1 saturated heterocycles. The molecule has 2 aliphatic rings. The van der Waals surface area contributed by atoms with Gasteiger partial charge in [0.1, 0.15) is 5.60 Å². The van der Waals surface area contributed by atoms with Gasteiger partial charge in [-0.3, -0.25) is 9.59 Å². The van der Waals surface area contributed by atoms with Crippen LogP contribution in [0.3, 0.4) is 0 Å². The number of rotatable bonds is 5. The average molecular weight is 368 g/mol. The predicted molar refractivity (Wildman–Crippen MR) is 95.2 cm³/mol. The van der Waals surface area contributed by atoms with E-state index in [4.69, 9.17) is 16.3 Å². The zero-order valence-corrected chi connectivity index (χ0v) is 15.1. The monoisotopic (exact) mass is 367 g/mol. The van der Waals surface area contributed by atoms with E-state index in [0.29, 0.717) is 6.54 Å². The standard InChI is InChI=1S/C18H22ClNO3S/c19-13-4-6-14(7-5-13)24-11-10-20-17(22)15-12-16(21)23-18(15)8-2-1-3-9-18/h4-7,15H,1-3,8-12H2,(H,20,22)/t15-/m1/s1. The van der Waals surface area contributed by atoms with Crippen LogP contribution in [0.4, 0.5) is 0 Å². The Labute approximate surface area is 151 Å². The third kappa shape index (κ3) is 4.06. The van der Waals surface area contributed by atoms with Gasteiger partial charge in [0.25, 0.3) is 0 Å². The van der Waals surface area contributed by atoms with Crippen molar-refractivity contribution in [2.75, 3.05) is 12.3 Å². The second-order valence-corrected chi connectivity index (χ2v) is 8.05. The van der Waals surface area contributed by atoms with Crippen LogP contribution in [0.2, 0.25) is 5.02 Å². The average Bonchev–Trinajstić information content (AvgIpc) is 2.89. The van der Waals surface area contributed by atoms with Crippen molar-refractivity contribution in [3.8, 4) is 0 Å². The first-order valence-electron chi connectivity index (χ1n) is 8.47. The zero-order chi connectivity index (χ0) is 17.0. The van der Waals surface area contributed by atoms with E-state index in [-0.39, 0.29) is 24.2 Å². The molecule has 1 spiro atoms. The molecule has 1 aromatic carbocycles. The minimum absolute atomic E-state index is 0.0422.